The largest absolute Gasteiger partial charge is 0.494 e. The molecule has 1 atom stereocenters. The highest BCUT2D eigenvalue weighted by Crippen LogP contribution is 2.17. The molecule has 0 radical (unpaired) electrons. The van der Waals surface area contributed by atoms with Crippen LogP contribution in [0, 0.1) is 0 Å². The van der Waals surface area contributed by atoms with Crippen molar-refractivity contribution in [2.24, 2.45) is 0 Å². The van der Waals surface area contributed by atoms with Crippen LogP contribution in [0.2, 0.25) is 0 Å². The fourth-order valence-electron chi connectivity index (χ4n) is 2.82. The number of amides is 1. The van der Waals surface area contributed by atoms with E-state index in [1.54, 1.807) is 4.90 Å². The van der Waals surface area contributed by atoms with Crippen molar-refractivity contribution >= 4 is 11.9 Å². The third kappa shape index (κ3) is 5.53. The van der Waals surface area contributed by atoms with Gasteiger partial charge >= 0.3 is 5.97 Å². The van der Waals surface area contributed by atoms with Gasteiger partial charge in [-0.2, -0.15) is 0 Å². The predicted molar refractivity (Wildman–Crippen MR) is 90.9 cm³/mol. The van der Waals surface area contributed by atoms with Gasteiger partial charge in [0.2, 0.25) is 5.91 Å². The van der Waals surface area contributed by atoms with Gasteiger partial charge < -0.3 is 15.2 Å². The van der Waals surface area contributed by atoms with Gasteiger partial charge in [0.25, 0.3) is 0 Å². The van der Waals surface area contributed by atoms with Crippen LogP contribution in [-0.2, 0) is 16.1 Å². The molecule has 1 saturated heterocycles. The SMILES string of the molecule is CCCCOc1cccc(CNC(=O)CN2CCC[C@H]2C(=O)O)c1. The van der Waals surface area contributed by atoms with E-state index in [2.05, 4.69) is 12.2 Å². The van der Waals surface area contributed by atoms with Gasteiger partial charge in [-0.1, -0.05) is 25.5 Å². The Hall–Kier alpha value is -2.08. The molecule has 1 aliphatic rings. The highest BCUT2D eigenvalue weighted by molar-refractivity contribution is 5.80. The number of hydrogen-bond donors (Lipinski definition) is 2. The number of benzene rings is 1. The van der Waals surface area contributed by atoms with Crippen LogP contribution in [0.4, 0.5) is 0 Å². The quantitative estimate of drug-likeness (QED) is 0.676. The van der Waals surface area contributed by atoms with Crippen LogP contribution in [0.25, 0.3) is 0 Å². The van der Waals surface area contributed by atoms with Gasteiger partial charge in [0.1, 0.15) is 11.8 Å². The number of likely N-dealkylation sites (tertiary alicyclic amines) is 1. The Kier molecular flexibility index (Phi) is 7.06. The number of rotatable bonds is 9. The lowest BCUT2D eigenvalue weighted by atomic mass is 10.2. The summed E-state index contributed by atoms with van der Waals surface area (Å²) in [6.45, 7) is 4.01. The summed E-state index contributed by atoms with van der Waals surface area (Å²) < 4.78 is 5.66. The zero-order valence-corrected chi connectivity index (χ0v) is 14.2. The Morgan fingerprint density at radius 1 is 1.42 bits per heavy atom. The van der Waals surface area contributed by atoms with Crippen molar-refractivity contribution in [3.8, 4) is 5.75 Å². The molecule has 24 heavy (non-hydrogen) atoms. The molecule has 2 rings (SSSR count). The molecule has 1 aromatic rings. The van der Waals surface area contributed by atoms with E-state index in [-0.39, 0.29) is 12.5 Å². The lowest BCUT2D eigenvalue weighted by Gasteiger charge is -2.20. The fraction of sp³-hybridized carbons (Fsp3) is 0.556. The number of ether oxygens (including phenoxy) is 1. The van der Waals surface area contributed by atoms with E-state index in [0.29, 0.717) is 26.1 Å². The smallest absolute Gasteiger partial charge is 0.320 e. The second-order valence-electron chi connectivity index (χ2n) is 6.09. The van der Waals surface area contributed by atoms with E-state index < -0.39 is 12.0 Å². The van der Waals surface area contributed by atoms with Crippen molar-refractivity contribution in [3.63, 3.8) is 0 Å². The summed E-state index contributed by atoms with van der Waals surface area (Å²) >= 11 is 0. The predicted octanol–water partition coefficient (Wildman–Crippen LogP) is 2.03. The molecule has 0 aliphatic carbocycles. The minimum absolute atomic E-state index is 0.129. The van der Waals surface area contributed by atoms with Crippen LogP contribution in [0.15, 0.2) is 24.3 Å². The average molecular weight is 334 g/mol. The molecule has 0 spiro atoms. The number of hydrogen-bond acceptors (Lipinski definition) is 4. The van der Waals surface area contributed by atoms with Crippen LogP contribution in [-0.4, -0.2) is 47.6 Å². The molecular formula is C18H26N2O4. The molecule has 6 nitrogen and oxygen atoms in total. The lowest BCUT2D eigenvalue weighted by Crippen LogP contribution is -2.42. The first-order valence-electron chi connectivity index (χ1n) is 8.55. The number of aliphatic carboxylic acids is 1. The van der Waals surface area contributed by atoms with E-state index in [1.165, 1.54) is 0 Å². The Balaban J connectivity index is 1.79. The molecule has 0 unspecified atom stereocenters. The molecule has 132 valence electrons. The van der Waals surface area contributed by atoms with E-state index in [9.17, 15) is 9.59 Å². The molecule has 6 heteroatoms. The van der Waals surface area contributed by atoms with Crippen molar-refractivity contribution in [2.45, 2.75) is 45.2 Å². The van der Waals surface area contributed by atoms with Gasteiger partial charge in [0.05, 0.1) is 13.2 Å². The van der Waals surface area contributed by atoms with E-state index in [1.807, 2.05) is 24.3 Å². The third-order valence-corrected chi connectivity index (χ3v) is 4.15. The van der Waals surface area contributed by atoms with Gasteiger partial charge in [0, 0.05) is 6.54 Å². The molecule has 1 fully saturated rings. The number of carbonyl (C=O) groups is 2. The fourth-order valence-corrected chi connectivity index (χ4v) is 2.82. The maximum Gasteiger partial charge on any atom is 0.320 e. The van der Waals surface area contributed by atoms with Crippen molar-refractivity contribution in [1.82, 2.24) is 10.2 Å². The minimum Gasteiger partial charge on any atom is -0.494 e. The normalized spacial score (nSPS) is 17.6. The number of carboxylic acid groups (broad SMARTS) is 1. The van der Waals surface area contributed by atoms with Gasteiger partial charge in [0.15, 0.2) is 0 Å². The monoisotopic (exact) mass is 334 g/mol. The van der Waals surface area contributed by atoms with Crippen molar-refractivity contribution in [3.05, 3.63) is 29.8 Å². The van der Waals surface area contributed by atoms with Crippen molar-refractivity contribution < 1.29 is 19.4 Å². The second-order valence-corrected chi connectivity index (χ2v) is 6.09. The first-order chi connectivity index (χ1) is 11.6. The Bertz CT molecular complexity index is 562. The highest BCUT2D eigenvalue weighted by Gasteiger charge is 2.31. The number of nitrogens with one attached hydrogen (secondary N) is 1. The summed E-state index contributed by atoms with van der Waals surface area (Å²) in [7, 11) is 0. The summed E-state index contributed by atoms with van der Waals surface area (Å²) in [4.78, 5) is 24.9. The molecule has 0 saturated carbocycles. The molecule has 0 bridgehead atoms. The number of carboxylic acids is 1. The number of unbranched alkanes of at least 4 members (excludes halogenated alkanes) is 1. The van der Waals surface area contributed by atoms with Crippen LogP contribution in [0.5, 0.6) is 5.75 Å². The molecule has 1 amide bonds. The molecule has 0 aromatic heterocycles. The summed E-state index contributed by atoms with van der Waals surface area (Å²) in [5.74, 6) is -0.196. The Morgan fingerprint density at radius 2 is 2.25 bits per heavy atom. The van der Waals surface area contributed by atoms with Gasteiger partial charge in [-0.25, -0.2) is 0 Å². The van der Waals surface area contributed by atoms with E-state index in [4.69, 9.17) is 9.84 Å². The number of nitrogens with zero attached hydrogens (tertiary/aromatic N) is 1. The Labute approximate surface area is 142 Å². The summed E-state index contributed by atoms with van der Waals surface area (Å²) in [6.07, 6.45) is 3.53. The van der Waals surface area contributed by atoms with E-state index in [0.717, 1.165) is 30.6 Å². The summed E-state index contributed by atoms with van der Waals surface area (Å²) in [5, 5.41) is 12.0. The molecular weight excluding hydrogens is 308 g/mol. The molecule has 1 aromatic carbocycles. The van der Waals surface area contributed by atoms with Crippen LogP contribution in [0.1, 0.15) is 38.2 Å². The van der Waals surface area contributed by atoms with Gasteiger partial charge in [-0.3, -0.25) is 14.5 Å². The number of carbonyl (C=O) groups excluding carboxylic acids is 1. The molecule has 2 N–H and O–H groups in total. The maximum absolute atomic E-state index is 12.1. The Morgan fingerprint density at radius 3 is 3.00 bits per heavy atom. The van der Waals surface area contributed by atoms with Crippen LogP contribution >= 0.6 is 0 Å². The standard InChI is InChI=1S/C18H26N2O4/c1-2-3-10-24-15-7-4-6-14(11-15)12-19-17(21)13-20-9-5-8-16(20)18(22)23/h4,6-7,11,16H,2-3,5,8-10,12-13H2,1H3,(H,19,21)(H,22,23)/t16-/m0/s1. The highest BCUT2D eigenvalue weighted by atomic mass is 16.5. The summed E-state index contributed by atoms with van der Waals surface area (Å²) in [6, 6.07) is 7.13. The molecule has 1 aliphatic heterocycles. The van der Waals surface area contributed by atoms with Gasteiger partial charge in [-0.15, -0.1) is 0 Å². The zero-order valence-electron chi connectivity index (χ0n) is 14.2. The van der Waals surface area contributed by atoms with Gasteiger partial charge in [-0.05, 0) is 43.5 Å². The maximum atomic E-state index is 12.1. The van der Waals surface area contributed by atoms with Crippen LogP contribution in [0.3, 0.4) is 0 Å². The molecule has 1 heterocycles. The van der Waals surface area contributed by atoms with Crippen molar-refractivity contribution in [1.29, 1.82) is 0 Å². The van der Waals surface area contributed by atoms with E-state index >= 15 is 0 Å². The second kappa shape index (κ2) is 9.27. The lowest BCUT2D eigenvalue weighted by molar-refractivity contribution is -0.142. The van der Waals surface area contributed by atoms with Crippen molar-refractivity contribution in [2.75, 3.05) is 19.7 Å². The first-order valence-corrected chi connectivity index (χ1v) is 8.55. The third-order valence-electron chi connectivity index (χ3n) is 4.15. The first kappa shape index (κ1) is 18.3. The topological polar surface area (TPSA) is 78.9 Å². The summed E-state index contributed by atoms with van der Waals surface area (Å²) in [5.41, 5.74) is 0.966. The minimum atomic E-state index is -0.850. The zero-order chi connectivity index (χ0) is 17.4. The average Bonchev–Trinajstić information content (AvgIpc) is 3.02. The van der Waals surface area contributed by atoms with Crippen LogP contribution < -0.4 is 10.1 Å².